The molecule has 5 nitrogen and oxygen atoms in total. The molecule has 0 radical (unpaired) electrons. The van der Waals surface area contributed by atoms with E-state index in [2.05, 4.69) is 4.98 Å². The predicted octanol–water partition coefficient (Wildman–Crippen LogP) is 3.32. The molecule has 0 atom stereocenters. The number of aryl methyl sites for hydroxylation is 1. The van der Waals surface area contributed by atoms with E-state index in [4.69, 9.17) is 9.47 Å². The number of esters is 1. The lowest BCUT2D eigenvalue weighted by Crippen LogP contribution is -2.10. The summed E-state index contributed by atoms with van der Waals surface area (Å²) >= 11 is 0. The summed E-state index contributed by atoms with van der Waals surface area (Å²) in [5, 5.41) is 0. The average molecular weight is 321 g/mol. The van der Waals surface area contributed by atoms with Gasteiger partial charge in [0.25, 0.3) is 0 Å². The van der Waals surface area contributed by atoms with Crippen LogP contribution in [-0.2, 0) is 4.79 Å². The SMILES string of the molecule is Cc1cc(OC(=O)C2CC2)cc2c1C(=O)C(=Cc1cccnc1)O2. The van der Waals surface area contributed by atoms with Crippen molar-refractivity contribution in [1.29, 1.82) is 0 Å². The first-order valence-electron chi connectivity index (χ1n) is 7.82. The number of carbonyl (C=O) groups is 2. The van der Waals surface area contributed by atoms with Gasteiger partial charge in [0.15, 0.2) is 5.76 Å². The van der Waals surface area contributed by atoms with Gasteiger partial charge in [-0.1, -0.05) is 6.07 Å². The highest BCUT2D eigenvalue weighted by atomic mass is 16.5. The number of hydrogen-bond acceptors (Lipinski definition) is 5. The molecule has 0 unspecified atom stereocenters. The molecule has 5 heteroatoms. The number of aromatic nitrogens is 1. The van der Waals surface area contributed by atoms with E-state index in [1.165, 1.54) is 0 Å². The van der Waals surface area contributed by atoms with E-state index in [1.807, 2.05) is 13.0 Å². The molecule has 0 saturated heterocycles. The van der Waals surface area contributed by atoms with Gasteiger partial charge >= 0.3 is 5.97 Å². The molecule has 0 amide bonds. The fourth-order valence-corrected chi connectivity index (χ4v) is 2.67. The number of nitrogens with zero attached hydrogens (tertiary/aromatic N) is 1. The van der Waals surface area contributed by atoms with Crippen molar-refractivity contribution in [3.63, 3.8) is 0 Å². The minimum Gasteiger partial charge on any atom is -0.452 e. The third kappa shape index (κ3) is 2.69. The number of benzene rings is 1. The Kier molecular flexibility index (Phi) is 3.41. The van der Waals surface area contributed by atoms with E-state index >= 15 is 0 Å². The molecule has 0 spiro atoms. The molecule has 24 heavy (non-hydrogen) atoms. The zero-order chi connectivity index (χ0) is 16.7. The van der Waals surface area contributed by atoms with Gasteiger partial charge in [0.05, 0.1) is 11.5 Å². The molecule has 1 fully saturated rings. The van der Waals surface area contributed by atoms with E-state index in [0.717, 1.165) is 24.0 Å². The van der Waals surface area contributed by atoms with Crippen molar-refractivity contribution in [3.8, 4) is 11.5 Å². The second-order valence-electron chi connectivity index (χ2n) is 6.03. The highest BCUT2D eigenvalue weighted by Gasteiger charge is 2.33. The first-order chi connectivity index (χ1) is 11.6. The van der Waals surface area contributed by atoms with Gasteiger partial charge in [-0.25, -0.2) is 0 Å². The molecule has 2 aromatic rings. The zero-order valence-electron chi connectivity index (χ0n) is 13.1. The summed E-state index contributed by atoms with van der Waals surface area (Å²) in [5.41, 5.74) is 2.02. The maximum atomic E-state index is 12.6. The Balaban J connectivity index is 1.64. The molecular weight excluding hydrogens is 306 g/mol. The Bertz CT molecular complexity index is 866. The van der Waals surface area contributed by atoms with Crippen LogP contribution in [0.3, 0.4) is 0 Å². The van der Waals surface area contributed by atoms with E-state index in [9.17, 15) is 9.59 Å². The maximum Gasteiger partial charge on any atom is 0.314 e. The average Bonchev–Trinajstić information content (AvgIpc) is 3.35. The van der Waals surface area contributed by atoms with E-state index in [0.29, 0.717) is 17.1 Å². The molecule has 2 heterocycles. The molecular formula is C19H15NO4. The van der Waals surface area contributed by atoms with Gasteiger partial charge < -0.3 is 9.47 Å². The number of carbonyl (C=O) groups excluding carboxylic acids is 2. The summed E-state index contributed by atoms with van der Waals surface area (Å²) in [6.45, 7) is 1.81. The van der Waals surface area contributed by atoms with Crippen molar-refractivity contribution in [3.05, 3.63) is 59.1 Å². The number of fused-ring (bicyclic) bond motifs is 1. The number of Topliss-reactive ketones (excluding diaryl/α,β-unsaturated/α-hetero) is 1. The predicted molar refractivity (Wildman–Crippen MR) is 86.7 cm³/mol. The van der Waals surface area contributed by atoms with Gasteiger partial charge in [0.2, 0.25) is 5.78 Å². The Hall–Kier alpha value is -2.95. The van der Waals surface area contributed by atoms with Gasteiger partial charge in [0, 0.05) is 18.5 Å². The molecule has 120 valence electrons. The Morgan fingerprint density at radius 3 is 2.92 bits per heavy atom. The Morgan fingerprint density at radius 1 is 1.38 bits per heavy atom. The minimum absolute atomic E-state index is 0.0159. The maximum absolute atomic E-state index is 12.6. The van der Waals surface area contributed by atoms with Gasteiger partial charge in [-0.05, 0) is 49.1 Å². The van der Waals surface area contributed by atoms with E-state index in [-0.39, 0.29) is 23.4 Å². The first kappa shape index (κ1) is 14.6. The van der Waals surface area contributed by atoms with Crippen molar-refractivity contribution in [1.82, 2.24) is 4.98 Å². The van der Waals surface area contributed by atoms with Crippen molar-refractivity contribution < 1.29 is 19.1 Å². The second kappa shape index (κ2) is 5.60. The fourth-order valence-electron chi connectivity index (χ4n) is 2.67. The summed E-state index contributed by atoms with van der Waals surface area (Å²) in [6, 6.07) is 6.94. The van der Waals surface area contributed by atoms with Gasteiger partial charge in [-0.3, -0.25) is 14.6 Å². The van der Waals surface area contributed by atoms with E-state index < -0.39 is 0 Å². The normalized spacial score (nSPS) is 17.5. The summed E-state index contributed by atoms with van der Waals surface area (Å²) < 4.78 is 11.1. The zero-order valence-corrected chi connectivity index (χ0v) is 13.1. The van der Waals surface area contributed by atoms with Crippen LogP contribution in [-0.4, -0.2) is 16.7 Å². The number of ether oxygens (including phenoxy) is 2. The van der Waals surface area contributed by atoms with Crippen LogP contribution in [0.5, 0.6) is 11.5 Å². The van der Waals surface area contributed by atoms with Crippen LogP contribution in [0.1, 0.15) is 34.3 Å². The Labute approximate surface area is 138 Å². The smallest absolute Gasteiger partial charge is 0.314 e. The third-order valence-corrected chi connectivity index (χ3v) is 4.05. The minimum atomic E-state index is -0.218. The van der Waals surface area contributed by atoms with Crippen LogP contribution < -0.4 is 9.47 Å². The van der Waals surface area contributed by atoms with Crippen molar-refractivity contribution >= 4 is 17.8 Å². The monoisotopic (exact) mass is 321 g/mol. The van der Waals surface area contributed by atoms with Crippen molar-refractivity contribution in [2.45, 2.75) is 19.8 Å². The molecule has 0 bridgehead atoms. The molecule has 1 saturated carbocycles. The molecule has 4 rings (SSSR count). The number of hydrogen-bond donors (Lipinski definition) is 0. The fraction of sp³-hybridized carbons (Fsp3) is 0.211. The van der Waals surface area contributed by atoms with Crippen LogP contribution in [0.15, 0.2) is 42.4 Å². The Morgan fingerprint density at radius 2 is 2.21 bits per heavy atom. The van der Waals surface area contributed by atoms with Crippen LogP contribution in [0, 0.1) is 12.8 Å². The number of allylic oxidation sites excluding steroid dienone is 1. The molecule has 1 aliphatic heterocycles. The quantitative estimate of drug-likeness (QED) is 0.493. The summed E-state index contributed by atoms with van der Waals surface area (Å²) in [5.74, 6) is 0.706. The molecule has 1 aromatic heterocycles. The van der Waals surface area contributed by atoms with Crippen molar-refractivity contribution in [2.24, 2.45) is 5.92 Å². The van der Waals surface area contributed by atoms with Crippen LogP contribution in [0.25, 0.3) is 6.08 Å². The largest absolute Gasteiger partial charge is 0.452 e. The molecule has 1 aliphatic carbocycles. The summed E-state index contributed by atoms with van der Waals surface area (Å²) in [6.07, 6.45) is 6.75. The molecule has 0 N–H and O–H groups in total. The van der Waals surface area contributed by atoms with Crippen LogP contribution >= 0.6 is 0 Å². The third-order valence-electron chi connectivity index (χ3n) is 4.05. The lowest BCUT2D eigenvalue weighted by atomic mass is 10.0. The van der Waals surface area contributed by atoms with Crippen molar-refractivity contribution in [2.75, 3.05) is 0 Å². The van der Waals surface area contributed by atoms with Crippen LogP contribution in [0.4, 0.5) is 0 Å². The topological polar surface area (TPSA) is 65.5 Å². The highest BCUT2D eigenvalue weighted by molar-refractivity contribution is 6.15. The summed E-state index contributed by atoms with van der Waals surface area (Å²) in [7, 11) is 0. The van der Waals surface area contributed by atoms with Gasteiger partial charge in [-0.2, -0.15) is 0 Å². The summed E-state index contributed by atoms with van der Waals surface area (Å²) in [4.78, 5) is 28.4. The number of ketones is 1. The lowest BCUT2D eigenvalue weighted by molar-refractivity contribution is -0.135. The highest BCUT2D eigenvalue weighted by Crippen LogP contribution is 2.38. The van der Waals surface area contributed by atoms with Gasteiger partial charge in [-0.15, -0.1) is 0 Å². The second-order valence-corrected chi connectivity index (χ2v) is 6.03. The van der Waals surface area contributed by atoms with E-state index in [1.54, 1.807) is 36.7 Å². The number of pyridine rings is 1. The standard InChI is InChI=1S/C19H15NO4/c1-11-7-14(23-19(22)13-4-5-13)9-15-17(11)18(21)16(24-15)8-12-3-2-6-20-10-12/h2-3,6-10,13H,4-5H2,1H3. The van der Waals surface area contributed by atoms with Crippen LogP contribution in [0.2, 0.25) is 0 Å². The molecule has 1 aromatic carbocycles. The number of rotatable bonds is 3. The lowest BCUT2D eigenvalue weighted by Gasteiger charge is -2.07. The molecule has 2 aliphatic rings. The van der Waals surface area contributed by atoms with Gasteiger partial charge in [0.1, 0.15) is 11.5 Å². The first-order valence-corrected chi connectivity index (χ1v) is 7.82.